The Morgan fingerprint density at radius 2 is 1.56 bits per heavy atom. The number of hydrogen-bond acceptors (Lipinski definition) is 4. The third-order valence-corrected chi connectivity index (χ3v) is 5.43. The average Bonchev–Trinajstić information content (AvgIpc) is 2.80. The Morgan fingerprint density at radius 1 is 0.906 bits per heavy atom. The molecule has 0 bridgehead atoms. The molecule has 2 aromatic carbocycles. The molecule has 0 unspecified atom stereocenters. The van der Waals surface area contributed by atoms with Gasteiger partial charge in [-0.2, -0.15) is 0 Å². The molecular weight excluding hydrogens is 410 g/mol. The van der Waals surface area contributed by atoms with Gasteiger partial charge >= 0.3 is 5.97 Å². The molecule has 32 heavy (non-hydrogen) atoms. The molecule has 1 aliphatic rings. The number of hydrogen-bond donors (Lipinski definition) is 3. The van der Waals surface area contributed by atoms with Gasteiger partial charge in [0.1, 0.15) is 0 Å². The number of nitrogens with zero attached hydrogens (tertiary/aromatic N) is 1. The minimum atomic E-state index is -0.812. The lowest BCUT2D eigenvalue weighted by atomic mass is 9.96. The third-order valence-electron chi connectivity index (χ3n) is 5.43. The van der Waals surface area contributed by atoms with Crippen LogP contribution in [0.5, 0.6) is 0 Å². The van der Waals surface area contributed by atoms with E-state index in [0.717, 1.165) is 5.56 Å². The lowest BCUT2D eigenvalue weighted by Gasteiger charge is -2.30. The molecule has 0 saturated carbocycles. The lowest BCUT2D eigenvalue weighted by molar-refractivity contribution is -0.143. The monoisotopic (exact) mass is 437 g/mol. The number of amides is 3. The summed E-state index contributed by atoms with van der Waals surface area (Å²) in [6, 6.07) is 16.0. The molecule has 3 N–H and O–H groups in total. The number of carboxylic acid groups (broad SMARTS) is 1. The first kappa shape index (κ1) is 23.0. The molecule has 0 aromatic heterocycles. The summed E-state index contributed by atoms with van der Waals surface area (Å²) in [5.41, 5.74) is 1.96. The fraction of sp³-hybridized carbons (Fsp3) is 0.333. The first-order chi connectivity index (χ1) is 15.4. The maximum atomic E-state index is 12.6. The van der Waals surface area contributed by atoms with Crippen LogP contribution in [0.3, 0.4) is 0 Å². The first-order valence-corrected chi connectivity index (χ1v) is 10.6. The third kappa shape index (κ3) is 6.66. The van der Waals surface area contributed by atoms with Gasteiger partial charge in [0, 0.05) is 37.3 Å². The van der Waals surface area contributed by atoms with Crippen LogP contribution in [0.4, 0.5) is 5.69 Å². The van der Waals surface area contributed by atoms with Crippen LogP contribution in [-0.2, 0) is 20.8 Å². The Bertz CT molecular complexity index is 951. The largest absolute Gasteiger partial charge is 0.481 e. The molecule has 1 aliphatic heterocycles. The molecule has 8 heteroatoms. The number of carbonyl (C=O) groups is 4. The molecule has 1 heterocycles. The van der Waals surface area contributed by atoms with Crippen molar-refractivity contribution in [3.05, 3.63) is 65.7 Å². The van der Waals surface area contributed by atoms with Crippen molar-refractivity contribution in [3.8, 4) is 0 Å². The van der Waals surface area contributed by atoms with Crippen LogP contribution in [0.2, 0.25) is 0 Å². The minimum absolute atomic E-state index is 0.139. The highest BCUT2D eigenvalue weighted by molar-refractivity contribution is 5.96. The summed E-state index contributed by atoms with van der Waals surface area (Å²) in [7, 11) is 0. The van der Waals surface area contributed by atoms with E-state index in [4.69, 9.17) is 5.11 Å². The van der Waals surface area contributed by atoms with Gasteiger partial charge in [-0.3, -0.25) is 19.2 Å². The molecule has 8 nitrogen and oxygen atoms in total. The molecule has 0 radical (unpaired) electrons. The topological polar surface area (TPSA) is 116 Å². The number of piperidine rings is 1. The van der Waals surface area contributed by atoms with Crippen molar-refractivity contribution in [1.82, 2.24) is 10.2 Å². The standard InChI is InChI=1S/C24H27N3O5/c28-21(10-13-25-22(29)16-17-4-2-1-3-5-17)26-20-8-6-18(7-9-20)23(30)27-14-11-19(12-15-27)24(31)32/h1-9,19H,10-16H2,(H,25,29)(H,26,28)(H,31,32). The summed E-state index contributed by atoms with van der Waals surface area (Å²) in [4.78, 5) is 49.3. The van der Waals surface area contributed by atoms with Crippen LogP contribution in [0, 0.1) is 5.92 Å². The number of rotatable bonds is 8. The number of likely N-dealkylation sites (tertiary alicyclic amines) is 1. The van der Waals surface area contributed by atoms with E-state index in [9.17, 15) is 19.2 Å². The van der Waals surface area contributed by atoms with E-state index in [0.29, 0.717) is 37.2 Å². The second-order valence-corrected chi connectivity index (χ2v) is 7.79. The van der Waals surface area contributed by atoms with Crippen molar-refractivity contribution in [2.45, 2.75) is 25.7 Å². The normalized spacial score (nSPS) is 13.9. The second kappa shape index (κ2) is 11.1. The molecule has 0 spiro atoms. The van der Waals surface area contributed by atoms with Crippen molar-refractivity contribution >= 4 is 29.4 Å². The molecular formula is C24H27N3O5. The maximum absolute atomic E-state index is 12.6. The summed E-state index contributed by atoms with van der Waals surface area (Å²) in [5.74, 6) is -1.72. The SMILES string of the molecule is O=C(Cc1ccccc1)NCCC(=O)Nc1ccc(C(=O)N2CCC(C(=O)O)CC2)cc1. The first-order valence-electron chi connectivity index (χ1n) is 10.6. The van der Waals surface area contributed by atoms with E-state index in [-0.39, 0.29) is 43.0 Å². The van der Waals surface area contributed by atoms with E-state index in [1.807, 2.05) is 30.3 Å². The van der Waals surface area contributed by atoms with Crippen molar-refractivity contribution < 1.29 is 24.3 Å². The minimum Gasteiger partial charge on any atom is -0.481 e. The summed E-state index contributed by atoms with van der Waals surface area (Å²) in [5, 5.41) is 14.5. The second-order valence-electron chi connectivity index (χ2n) is 7.79. The van der Waals surface area contributed by atoms with Crippen LogP contribution >= 0.6 is 0 Å². The zero-order chi connectivity index (χ0) is 22.9. The highest BCUT2D eigenvalue weighted by Gasteiger charge is 2.27. The number of benzene rings is 2. The number of aliphatic carboxylic acids is 1. The van der Waals surface area contributed by atoms with Gasteiger partial charge in [-0.05, 0) is 42.7 Å². The average molecular weight is 437 g/mol. The molecule has 3 rings (SSSR count). The Morgan fingerprint density at radius 3 is 2.19 bits per heavy atom. The van der Waals surface area contributed by atoms with E-state index < -0.39 is 5.97 Å². The Balaban J connectivity index is 1.40. The van der Waals surface area contributed by atoms with E-state index in [1.54, 1.807) is 29.2 Å². The summed E-state index contributed by atoms with van der Waals surface area (Å²) in [6.45, 7) is 1.08. The quantitative estimate of drug-likeness (QED) is 0.586. The van der Waals surface area contributed by atoms with Crippen LogP contribution in [0.25, 0.3) is 0 Å². The van der Waals surface area contributed by atoms with E-state index in [2.05, 4.69) is 10.6 Å². The zero-order valence-corrected chi connectivity index (χ0v) is 17.8. The predicted molar refractivity (Wildman–Crippen MR) is 119 cm³/mol. The maximum Gasteiger partial charge on any atom is 0.306 e. The summed E-state index contributed by atoms with van der Waals surface area (Å²) in [6.07, 6.45) is 1.32. The number of carboxylic acids is 1. The number of anilines is 1. The fourth-order valence-corrected chi connectivity index (χ4v) is 3.59. The van der Waals surface area contributed by atoms with Crippen molar-refractivity contribution in [3.63, 3.8) is 0 Å². The van der Waals surface area contributed by atoms with Gasteiger partial charge in [0.05, 0.1) is 12.3 Å². The summed E-state index contributed by atoms with van der Waals surface area (Å²) < 4.78 is 0. The van der Waals surface area contributed by atoms with Gasteiger partial charge in [-0.1, -0.05) is 30.3 Å². The molecule has 168 valence electrons. The Hall–Kier alpha value is -3.68. The number of carbonyl (C=O) groups excluding carboxylic acids is 3. The molecule has 1 saturated heterocycles. The molecule has 0 atom stereocenters. The fourth-order valence-electron chi connectivity index (χ4n) is 3.59. The number of nitrogens with one attached hydrogen (secondary N) is 2. The summed E-state index contributed by atoms with van der Waals surface area (Å²) >= 11 is 0. The van der Waals surface area contributed by atoms with Gasteiger partial charge in [0.25, 0.3) is 5.91 Å². The van der Waals surface area contributed by atoms with Crippen LogP contribution < -0.4 is 10.6 Å². The van der Waals surface area contributed by atoms with Gasteiger partial charge < -0.3 is 20.6 Å². The Kier molecular flexibility index (Phi) is 7.96. The van der Waals surface area contributed by atoms with Gasteiger partial charge in [0.2, 0.25) is 11.8 Å². The van der Waals surface area contributed by atoms with Crippen molar-refractivity contribution in [2.24, 2.45) is 5.92 Å². The van der Waals surface area contributed by atoms with E-state index >= 15 is 0 Å². The van der Waals surface area contributed by atoms with Gasteiger partial charge in [0.15, 0.2) is 0 Å². The van der Waals surface area contributed by atoms with E-state index in [1.165, 1.54) is 0 Å². The van der Waals surface area contributed by atoms with Crippen LogP contribution in [-0.4, -0.2) is 53.3 Å². The predicted octanol–water partition coefficient (Wildman–Crippen LogP) is 2.31. The van der Waals surface area contributed by atoms with Crippen LogP contribution in [0.1, 0.15) is 35.2 Å². The smallest absolute Gasteiger partial charge is 0.306 e. The molecule has 3 amide bonds. The highest BCUT2D eigenvalue weighted by atomic mass is 16.4. The molecule has 0 aliphatic carbocycles. The van der Waals surface area contributed by atoms with Crippen molar-refractivity contribution in [1.29, 1.82) is 0 Å². The molecule has 2 aromatic rings. The highest BCUT2D eigenvalue weighted by Crippen LogP contribution is 2.20. The van der Waals surface area contributed by atoms with Gasteiger partial charge in [-0.15, -0.1) is 0 Å². The lowest BCUT2D eigenvalue weighted by Crippen LogP contribution is -2.40. The Labute approximate surface area is 186 Å². The van der Waals surface area contributed by atoms with Crippen LogP contribution in [0.15, 0.2) is 54.6 Å². The molecule has 1 fully saturated rings. The zero-order valence-electron chi connectivity index (χ0n) is 17.8. The van der Waals surface area contributed by atoms with Gasteiger partial charge in [-0.25, -0.2) is 0 Å². The van der Waals surface area contributed by atoms with Crippen molar-refractivity contribution in [2.75, 3.05) is 25.0 Å².